The van der Waals surface area contributed by atoms with E-state index in [2.05, 4.69) is 150 Å². The van der Waals surface area contributed by atoms with Gasteiger partial charge in [0.2, 0.25) is 0 Å². The Labute approximate surface area is 320 Å². The SMILES string of the molecule is CC1(C)N=c2cccc(N(c3ccc(-c4ccccc4)c4c3=NC(C)(C)N=4)c3ccc(-c4ccc5c(c4)C(C)(C)c4ccccc4-5)c4c3=NC(C)(C)N=4)c2=N1. The van der Waals surface area contributed by atoms with E-state index in [1.165, 1.54) is 22.3 Å². The van der Waals surface area contributed by atoms with E-state index in [4.69, 9.17) is 30.0 Å². The van der Waals surface area contributed by atoms with E-state index in [0.717, 1.165) is 71.5 Å². The van der Waals surface area contributed by atoms with Gasteiger partial charge in [-0.1, -0.05) is 86.6 Å². The molecule has 55 heavy (non-hydrogen) atoms. The highest BCUT2D eigenvalue weighted by Gasteiger charge is 2.36. The molecule has 270 valence electrons. The highest BCUT2D eigenvalue weighted by Crippen LogP contribution is 2.49. The van der Waals surface area contributed by atoms with Gasteiger partial charge in [-0.2, -0.15) is 0 Å². The number of benzene rings is 6. The maximum atomic E-state index is 5.37. The van der Waals surface area contributed by atoms with Crippen molar-refractivity contribution < 1.29 is 0 Å². The second-order valence-corrected chi connectivity index (χ2v) is 17.1. The molecule has 3 heterocycles. The fourth-order valence-corrected chi connectivity index (χ4v) is 8.93. The molecule has 0 saturated heterocycles. The van der Waals surface area contributed by atoms with Crippen LogP contribution in [-0.4, -0.2) is 17.0 Å². The third-order valence-electron chi connectivity index (χ3n) is 11.3. The third-order valence-corrected chi connectivity index (χ3v) is 11.3. The Balaban J connectivity index is 1.25. The average molecular weight is 718 g/mol. The number of hydrogen-bond donors (Lipinski definition) is 0. The molecule has 0 spiro atoms. The number of para-hydroxylation sites is 1. The van der Waals surface area contributed by atoms with Crippen molar-refractivity contribution in [2.75, 3.05) is 4.90 Å². The summed E-state index contributed by atoms with van der Waals surface area (Å²) >= 11 is 0. The minimum atomic E-state index is -0.660. The largest absolute Gasteiger partial charge is 0.304 e. The van der Waals surface area contributed by atoms with Gasteiger partial charge in [0.1, 0.15) is 33.1 Å². The molecule has 3 aliphatic heterocycles. The van der Waals surface area contributed by atoms with Crippen LogP contribution in [0.4, 0.5) is 17.1 Å². The van der Waals surface area contributed by atoms with Gasteiger partial charge in [-0.3, -0.25) is 30.0 Å². The summed E-state index contributed by atoms with van der Waals surface area (Å²) in [7, 11) is 0. The van der Waals surface area contributed by atoms with Crippen LogP contribution in [0.5, 0.6) is 0 Å². The Morgan fingerprint density at radius 2 is 0.873 bits per heavy atom. The third kappa shape index (κ3) is 5.16. The molecule has 1 aliphatic carbocycles. The first-order valence-corrected chi connectivity index (χ1v) is 19.1. The standard InChI is InChI=1S/C48H43N7/c1-45(2)34-18-13-12-17-32(34)33-22-21-29(27-35(33)45)31-24-26-39(44-41(31)51-48(7,8)54-44)55(37-20-14-19-36-42(37)52-46(3,4)49-36)38-25-23-30(28-15-10-9-11-16-28)40-43(38)53-47(5,6)50-40/h9-27H,1-8H3. The minimum Gasteiger partial charge on any atom is -0.304 e. The van der Waals surface area contributed by atoms with E-state index in [0.29, 0.717) is 0 Å². The lowest BCUT2D eigenvalue weighted by Crippen LogP contribution is -2.38. The molecule has 0 amide bonds. The zero-order chi connectivity index (χ0) is 38.1. The van der Waals surface area contributed by atoms with Crippen LogP contribution in [0.25, 0.3) is 33.4 Å². The van der Waals surface area contributed by atoms with Gasteiger partial charge in [-0.05, 0) is 117 Å². The average Bonchev–Trinajstić information content (AvgIpc) is 3.84. The van der Waals surface area contributed by atoms with Crippen molar-refractivity contribution in [1.29, 1.82) is 0 Å². The minimum absolute atomic E-state index is 0.118. The van der Waals surface area contributed by atoms with Crippen LogP contribution in [0.3, 0.4) is 0 Å². The molecular formula is C48H43N7. The van der Waals surface area contributed by atoms with Crippen LogP contribution in [0.15, 0.2) is 145 Å². The van der Waals surface area contributed by atoms with Gasteiger partial charge in [-0.15, -0.1) is 0 Å². The van der Waals surface area contributed by atoms with Crippen LogP contribution < -0.4 is 37.0 Å². The Morgan fingerprint density at radius 3 is 1.55 bits per heavy atom. The molecule has 7 nitrogen and oxygen atoms in total. The highest BCUT2D eigenvalue weighted by atomic mass is 15.2. The molecule has 0 bridgehead atoms. The van der Waals surface area contributed by atoms with Gasteiger partial charge in [0.25, 0.3) is 0 Å². The first kappa shape index (κ1) is 33.5. The first-order valence-electron chi connectivity index (χ1n) is 19.1. The monoisotopic (exact) mass is 717 g/mol. The van der Waals surface area contributed by atoms with Gasteiger partial charge in [0.15, 0.2) is 0 Å². The first-order chi connectivity index (χ1) is 26.2. The van der Waals surface area contributed by atoms with E-state index in [1.807, 2.05) is 26.0 Å². The molecule has 0 fully saturated rings. The summed E-state index contributed by atoms with van der Waals surface area (Å²) in [4.78, 5) is 33.7. The molecule has 0 atom stereocenters. The number of hydrogen-bond acceptors (Lipinski definition) is 7. The fourth-order valence-electron chi connectivity index (χ4n) is 8.93. The second-order valence-electron chi connectivity index (χ2n) is 17.1. The summed E-state index contributed by atoms with van der Waals surface area (Å²) in [6.07, 6.45) is 0. The molecule has 6 aromatic rings. The predicted octanol–water partition coefficient (Wildman–Crippen LogP) is 7.76. The normalized spacial score (nSPS) is 17.8. The van der Waals surface area contributed by atoms with Gasteiger partial charge >= 0.3 is 0 Å². The van der Waals surface area contributed by atoms with Crippen molar-refractivity contribution in [3.8, 4) is 33.4 Å². The van der Waals surface area contributed by atoms with Crippen molar-refractivity contribution in [2.45, 2.75) is 77.8 Å². The van der Waals surface area contributed by atoms with E-state index >= 15 is 0 Å². The lowest BCUT2D eigenvalue weighted by atomic mass is 9.81. The van der Waals surface area contributed by atoms with E-state index < -0.39 is 17.0 Å². The van der Waals surface area contributed by atoms with Crippen LogP contribution in [0.2, 0.25) is 0 Å². The molecular weight excluding hydrogens is 675 g/mol. The Bertz CT molecular complexity index is 3050. The Hall–Kier alpha value is -6.08. The number of anilines is 3. The number of nitrogens with zero attached hydrogens (tertiary/aromatic N) is 7. The summed E-state index contributed by atoms with van der Waals surface area (Å²) in [5.74, 6) is 0. The highest BCUT2D eigenvalue weighted by molar-refractivity contribution is 5.84. The maximum absolute atomic E-state index is 5.37. The van der Waals surface area contributed by atoms with E-state index in [-0.39, 0.29) is 5.41 Å². The summed E-state index contributed by atoms with van der Waals surface area (Å²) in [5.41, 5.74) is 10.4. The van der Waals surface area contributed by atoms with Crippen molar-refractivity contribution in [3.63, 3.8) is 0 Å². The van der Waals surface area contributed by atoms with E-state index in [9.17, 15) is 0 Å². The Morgan fingerprint density at radius 1 is 0.364 bits per heavy atom. The lowest BCUT2D eigenvalue weighted by Gasteiger charge is -2.26. The molecule has 0 radical (unpaired) electrons. The number of fused-ring (bicyclic) bond motifs is 6. The van der Waals surface area contributed by atoms with Crippen molar-refractivity contribution in [3.05, 3.63) is 159 Å². The van der Waals surface area contributed by atoms with Gasteiger partial charge in [-0.25, -0.2) is 0 Å². The van der Waals surface area contributed by atoms with Crippen LogP contribution in [-0.2, 0) is 5.41 Å². The molecule has 6 aromatic carbocycles. The molecule has 0 unspecified atom stereocenters. The fraction of sp³-hybridized carbons (Fsp3) is 0.250. The van der Waals surface area contributed by atoms with Crippen molar-refractivity contribution in [2.24, 2.45) is 30.0 Å². The quantitative estimate of drug-likeness (QED) is 0.180. The summed E-state index contributed by atoms with van der Waals surface area (Å²) in [5, 5.41) is 5.15. The zero-order valence-corrected chi connectivity index (χ0v) is 32.6. The van der Waals surface area contributed by atoms with Crippen LogP contribution in [0, 0.1) is 0 Å². The molecule has 4 aliphatic rings. The molecule has 7 heteroatoms. The summed E-state index contributed by atoms with van der Waals surface area (Å²) < 4.78 is 0. The number of rotatable bonds is 5. The van der Waals surface area contributed by atoms with Gasteiger partial charge < -0.3 is 4.90 Å². The molecule has 0 N–H and O–H groups in total. The maximum Gasteiger partial charge on any atom is 0.146 e. The van der Waals surface area contributed by atoms with Gasteiger partial charge in [0.05, 0.1) is 33.1 Å². The predicted molar refractivity (Wildman–Crippen MR) is 219 cm³/mol. The van der Waals surface area contributed by atoms with Crippen LogP contribution in [0.1, 0.15) is 66.5 Å². The molecule has 0 saturated carbocycles. The van der Waals surface area contributed by atoms with Crippen molar-refractivity contribution in [1.82, 2.24) is 0 Å². The Kier molecular flexibility index (Phi) is 6.84. The zero-order valence-electron chi connectivity index (χ0n) is 32.6. The van der Waals surface area contributed by atoms with Crippen molar-refractivity contribution >= 4 is 17.1 Å². The van der Waals surface area contributed by atoms with Crippen LogP contribution >= 0.6 is 0 Å². The summed E-state index contributed by atoms with van der Waals surface area (Å²) in [6.45, 7) is 17.0. The smallest absolute Gasteiger partial charge is 0.146 e. The van der Waals surface area contributed by atoms with E-state index in [1.54, 1.807) is 0 Å². The summed E-state index contributed by atoms with van der Waals surface area (Å²) in [6, 6.07) is 41.1. The topological polar surface area (TPSA) is 77.4 Å². The lowest BCUT2D eigenvalue weighted by molar-refractivity contribution is 0.549. The van der Waals surface area contributed by atoms with Gasteiger partial charge in [0, 0.05) is 16.5 Å². The molecule has 0 aromatic heterocycles. The molecule has 10 rings (SSSR count). The second kappa shape index (κ2) is 11.2.